The Morgan fingerprint density at radius 1 is 1.42 bits per heavy atom. The van der Waals surface area contributed by atoms with Crippen molar-refractivity contribution in [3.05, 3.63) is 41.5 Å². The number of carbonyl (C=O) groups is 1. The van der Waals surface area contributed by atoms with E-state index < -0.39 is 0 Å². The minimum absolute atomic E-state index is 0.141. The molecule has 0 aliphatic heterocycles. The average molecular weight is 255 g/mol. The number of anilines is 1. The lowest BCUT2D eigenvalue weighted by molar-refractivity contribution is -0.115. The molecule has 0 atom stereocenters. The predicted octanol–water partition coefficient (Wildman–Crippen LogP) is 1.56. The van der Waals surface area contributed by atoms with E-state index in [1.54, 1.807) is 18.2 Å². The van der Waals surface area contributed by atoms with Gasteiger partial charge in [-0.1, -0.05) is 12.1 Å². The van der Waals surface area contributed by atoms with Gasteiger partial charge in [0.05, 0.1) is 6.07 Å². The number of benzene rings is 1. The highest BCUT2D eigenvalue weighted by Crippen LogP contribution is 2.12. The van der Waals surface area contributed by atoms with E-state index >= 15 is 0 Å². The molecule has 0 bridgehead atoms. The minimum atomic E-state index is -0.306. The quantitative estimate of drug-likeness (QED) is 0.866. The van der Waals surface area contributed by atoms with E-state index in [9.17, 15) is 4.79 Å². The maximum absolute atomic E-state index is 11.2. The molecule has 0 aliphatic carbocycles. The molecule has 0 saturated carbocycles. The molecule has 2 rings (SSSR count). The Morgan fingerprint density at radius 2 is 2.16 bits per heavy atom. The first-order valence-corrected chi connectivity index (χ1v) is 5.81. The summed E-state index contributed by atoms with van der Waals surface area (Å²) in [5.74, 6) is 1.22. The first-order valence-electron chi connectivity index (χ1n) is 5.81. The Labute approximate surface area is 110 Å². The van der Waals surface area contributed by atoms with E-state index in [0.717, 1.165) is 17.2 Å². The maximum Gasteiger partial charge on any atom is 0.238 e. The zero-order chi connectivity index (χ0) is 13.7. The van der Waals surface area contributed by atoms with E-state index in [1.165, 1.54) is 0 Å². The van der Waals surface area contributed by atoms with Crippen molar-refractivity contribution < 1.29 is 4.79 Å². The smallest absolute Gasteiger partial charge is 0.238 e. The molecule has 2 N–H and O–H groups in total. The van der Waals surface area contributed by atoms with Crippen LogP contribution < -0.4 is 5.32 Å². The molecule has 0 spiro atoms. The number of nitrogens with one attached hydrogen (secondary N) is 2. The van der Waals surface area contributed by atoms with Gasteiger partial charge in [0.1, 0.15) is 12.2 Å². The standard InChI is InChI=1S/C13H13N5O/c1-9-15-12(18-17-9)8-10-2-4-11(5-3-10)16-13(19)6-7-14/h2-5H,6,8H2,1H3,(H,16,19)(H,15,17,18). The fourth-order valence-electron chi connectivity index (χ4n) is 1.63. The molecule has 0 unspecified atom stereocenters. The van der Waals surface area contributed by atoms with Crippen molar-refractivity contribution in [3.8, 4) is 6.07 Å². The highest BCUT2D eigenvalue weighted by atomic mass is 16.1. The van der Waals surface area contributed by atoms with Crippen LogP contribution in [0.4, 0.5) is 5.69 Å². The fraction of sp³-hybridized carbons (Fsp3) is 0.231. The van der Waals surface area contributed by atoms with Crippen LogP contribution in [0.5, 0.6) is 0 Å². The third kappa shape index (κ3) is 3.64. The summed E-state index contributed by atoms with van der Waals surface area (Å²) in [6.45, 7) is 1.85. The summed E-state index contributed by atoms with van der Waals surface area (Å²) in [6, 6.07) is 9.19. The van der Waals surface area contributed by atoms with Gasteiger partial charge in [-0.2, -0.15) is 10.4 Å². The summed E-state index contributed by atoms with van der Waals surface area (Å²) in [5.41, 5.74) is 1.73. The number of nitriles is 1. The van der Waals surface area contributed by atoms with E-state index in [4.69, 9.17) is 5.26 Å². The molecular formula is C13H13N5O. The zero-order valence-corrected chi connectivity index (χ0v) is 10.5. The molecule has 6 heteroatoms. The SMILES string of the molecule is Cc1nc(Cc2ccc(NC(=O)CC#N)cc2)n[nH]1. The van der Waals surface area contributed by atoms with E-state index in [2.05, 4.69) is 20.5 Å². The molecule has 1 aromatic heterocycles. The van der Waals surface area contributed by atoms with Gasteiger partial charge < -0.3 is 5.32 Å². The van der Waals surface area contributed by atoms with Gasteiger partial charge in [0, 0.05) is 12.1 Å². The molecule has 0 radical (unpaired) electrons. The fourth-order valence-corrected chi connectivity index (χ4v) is 1.63. The molecular weight excluding hydrogens is 242 g/mol. The first kappa shape index (κ1) is 12.8. The lowest BCUT2D eigenvalue weighted by Crippen LogP contribution is -2.09. The van der Waals surface area contributed by atoms with Crippen molar-refractivity contribution >= 4 is 11.6 Å². The number of carbonyl (C=O) groups excluding carboxylic acids is 1. The van der Waals surface area contributed by atoms with Crippen molar-refractivity contribution in [2.75, 3.05) is 5.32 Å². The van der Waals surface area contributed by atoms with Crippen molar-refractivity contribution in [2.24, 2.45) is 0 Å². The number of rotatable bonds is 4. The number of aromatic nitrogens is 3. The highest BCUT2D eigenvalue weighted by molar-refractivity contribution is 5.91. The van der Waals surface area contributed by atoms with E-state index in [-0.39, 0.29) is 12.3 Å². The Hall–Kier alpha value is -2.68. The Balaban J connectivity index is 1.98. The zero-order valence-electron chi connectivity index (χ0n) is 10.5. The second-order valence-electron chi connectivity index (χ2n) is 4.09. The number of hydrogen-bond acceptors (Lipinski definition) is 4. The van der Waals surface area contributed by atoms with Crippen molar-refractivity contribution in [2.45, 2.75) is 19.8 Å². The maximum atomic E-state index is 11.2. The molecule has 1 amide bonds. The van der Waals surface area contributed by atoms with Crippen LogP contribution >= 0.6 is 0 Å². The topological polar surface area (TPSA) is 94.5 Å². The Bertz CT molecular complexity index is 609. The average Bonchev–Trinajstić information content (AvgIpc) is 2.78. The van der Waals surface area contributed by atoms with Crippen LogP contribution in [0.15, 0.2) is 24.3 Å². The third-order valence-corrected chi connectivity index (χ3v) is 2.48. The van der Waals surface area contributed by atoms with Crippen LogP contribution in [0, 0.1) is 18.3 Å². The molecule has 0 fully saturated rings. The van der Waals surface area contributed by atoms with Crippen LogP contribution in [0.3, 0.4) is 0 Å². The van der Waals surface area contributed by atoms with Crippen LogP contribution in [0.2, 0.25) is 0 Å². The summed E-state index contributed by atoms with van der Waals surface area (Å²) < 4.78 is 0. The van der Waals surface area contributed by atoms with Gasteiger partial charge in [-0.25, -0.2) is 4.98 Å². The number of aromatic amines is 1. The normalized spacial score (nSPS) is 9.89. The second kappa shape index (κ2) is 5.78. The van der Waals surface area contributed by atoms with Gasteiger partial charge in [-0.15, -0.1) is 0 Å². The van der Waals surface area contributed by atoms with Gasteiger partial charge in [0.15, 0.2) is 5.82 Å². The monoisotopic (exact) mass is 255 g/mol. The number of nitrogens with zero attached hydrogens (tertiary/aromatic N) is 3. The highest BCUT2D eigenvalue weighted by Gasteiger charge is 2.03. The third-order valence-electron chi connectivity index (χ3n) is 2.48. The molecule has 0 aliphatic rings. The lowest BCUT2D eigenvalue weighted by atomic mass is 10.1. The van der Waals surface area contributed by atoms with Crippen LogP contribution in [-0.4, -0.2) is 21.1 Å². The lowest BCUT2D eigenvalue weighted by Gasteiger charge is -2.03. The summed E-state index contributed by atoms with van der Waals surface area (Å²) in [4.78, 5) is 15.5. The van der Waals surface area contributed by atoms with Gasteiger partial charge in [0.25, 0.3) is 0 Å². The Kier molecular flexibility index (Phi) is 3.88. The van der Waals surface area contributed by atoms with Gasteiger partial charge >= 0.3 is 0 Å². The molecule has 2 aromatic rings. The number of H-pyrrole nitrogens is 1. The van der Waals surface area contributed by atoms with Crippen molar-refractivity contribution in [3.63, 3.8) is 0 Å². The molecule has 1 heterocycles. The summed E-state index contributed by atoms with van der Waals surface area (Å²) in [6.07, 6.45) is 0.495. The Morgan fingerprint density at radius 3 is 2.74 bits per heavy atom. The second-order valence-corrected chi connectivity index (χ2v) is 4.09. The van der Waals surface area contributed by atoms with E-state index in [0.29, 0.717) is 12.1 Å². The van der Waals surface area contributed by atoms with Crippen molar-refractivity contribution in [1.29, 1.82) is 5.26 Å². The summed E-state index contributed by atoms with van der Waals surface area (Å²) in [5, 5.41) is 17.9. The predicted molar refractivity (Wildman–Crippen MR) is 69.2 cm³/mol. The van der Waals surface area contributed by atoms with E-state index in [1.807, 2.05) is 19.1 Å². The minimum Gasteiger partial charge on any atom is -0.325 e. The first-order chi connectivity index (χ1) is 9.17. The van der Waals surface area contributed by atoms with Crippen LogP contribution in [-0.2, 0) is 11.2 Å². The molecule has 1 aromatic carbocycles. The van der Waals surface area contributed by atoms with Crippen LogP contribution in [0.1, 0.15) is 23.6 Å². The molecule has 0 saturated heterocycles. The molecule has 96 valence electrons. The van der Waals surface area contributed by atoms with Gasteiger partial charge in [0.2, 0.25) is 5.91 Å². The largest absolute Gasteiger partial charge is 0.325 e. The number of amides is 1. The van der Waals surface area contributed by atoms with Crippen LogP contribution in [0.25, 0.3) is 0 Å². The van der Waals surface area contributed by atoms with Gasteiger partial charge in [-0.3, -0.25) is 9.89 Å². The number of aryl methyl sites for hydroxylation is 1. The summed E-state index contributed by atoms with van der Waals surface area (Å²) >= 11 is 0. The molecule has 19 heavy (non-hydrogen) atoms. The summed E-state index contributed by atoms with van der Waals surface area (Å²) in [7, 11) is 0. The molecule has 6 nitrogen and oxygen atoms in total. The van der Waals surface area contributed by atoms with Crippen molar-refractivity contribution in [1.82, 2.24) is 15.2 Å². The number of hydrogen-bond donors (Lipinski definition) is 2. The van der Waals surface area contributed by atoms with Gasteiger partial charge in [-0.05, 0) is 24.6 Å².